The summed E-state index contributed by atoms with van der Waals surface area (Å²) in [7, 11) is 0. The Morgan fingerprint density at radius 2 is 1.97 bits per heavy atom. The Kier molecular flexibility index (Phi) is 6.02. The van der Waals surface area contributed by atoms with E-state index in [1.165, 1.54) is 10.9 Å². The number of piperidine rings is 1. The summed E-state index contributed by atoms with van der Waals surface area (Å²) in [5.74, 6) is -0.689. The molecule has 2 heterocycles. The second-order valence-electron chi connectivity index (χ2n) is 9.12. The number of hydrogen-bond donors (Lipinski definition) is 1. The van der Waals surface area contributed by atoms with Gasteiger partial charge in [0.1, 0.15) is 13.2 Å². The molecule has 1 amide bonds. The highest BCUT2D eigenvalue weighted by atomic mass is 16.6. The SMILES string of the molecule is CCOC(=O)Cn1cnc2ccc(C3(O)CC4CC3CN4C(=O)OCc3ccccc3)cc2c1=O. The summed E-state index contributed by atoms with van der Waals surface area (Å²) in [6.45, 7) is 2.28. The molecule has 2 aliphatic rings. The lowest BCUT2D eigenvalue weighted by atomic mass is 9.82. The number of hydrogen-bond acceptors (Lipinski definition) is 7. The third-order valence-corrected chi connectivity index (χ3v) is 7.00. The highest BCUT2D eigenvalue weighted by Crippen LogP contribution is 2.50. The molecule has 1 saturated heterocycles. The number of fused-ring (bicyclic) bond motifs is 3. The fraction of sp³-hybridized carbons (Fsp3) is 0.385. The molecule has 1 aliphatic carbocycles. The van der Waals surface area contributed by atoms with Gasteiger partial charge in [-0.25, -0.2) is 9.78 Å². The Morgan fingerprint density at radius 1 is 1.17 bits per heavy atom. The number of aliphatic hydroxyl groups is 1. The van der Waals surface area contributed by atoms with Crippen LogP contribution in [0.3, 0.4) is 0 Å². The normalized spacial score (nSPS) is 23.0. The van der Waals surface area contributed by atoms with Gasteiger partial charge >= 0.3 is 12.1 Å². The lowest BCUT2D eigenvalue weighted by Gasteiger charge is -2.37. The van der Waals surface area contributed by atoms with Gasteiger partial charge in [0.05, 0.1) is 29.4 Å². The molecule has 1 aromatic heterocycles. The fourth-order valence-electron chi connectivity index (χ4n) is 5.25. The Bertz CT molecular complexity index is 1320. The summed E-state index contributed by atoms with van der Waals surface area (Å²) < 4.78 is 11.6. The van der Waals surface area contributed by atoms with Gasteiger partial charge in [-0.05, 0) is 36.6 Å². The van der Waals surface area contributed by atoms with Crippen molar-refractivity contribution in [2.24, 2.45) is 5.92 Å². The summed E-state index contributed by atoms with van der Waals surface area (Å²) in [6.07, 6.45) is 1.97. The van der Waals surface area contributed by atoms with Crippen LogP contribution in [0.5, 0.6) is 0 Å². The monoisotopic (exact) mass is 477 g/mol. The molecule has 9 nitrogen and oxygen atoms in total. The summed E-state index contributed by atoms with van der Waals surface area (Å²) in [6, 6.07) is 14.5. The number of nitrogens with zero attached hydrogens (tertiary/aromatic N) is 3. The van der Waals surface area contributed by atoms with E-state index >= 15 is 0 Å². The van der Waals surface area contributed by atoms with Crippen molar-refractivity contribution in [3.05, 3.63) is 76.3 Å². The molecule has 5 rings (SSSR count). The van der Waals surface area contributed by atoms with Gasteiger partial charge in [-0.3, -0.25) is 14.2 Å². The number of esters is 1. The van der Waals surface area contributed by atoms with Crippen molar-refractivity contribution < 1.29 is 24.2 Å². The highest BCUT2D eigenvalue weighted by Gasteiger charge is 2.56. The second-order valence-corrected chi connectivity index (χ2v) is 9.12. The van der Waals surface area contributed by atoms with Gasteiger partial charge in [-0.2, -0.15) is 0 Å². The van der Waals surface area contributed by atoms with Crippen LogP contribution in [0.25, 0.3) is 10.9 Å². The van der Waals surface area contributed by atoms with Crippen molar-refractivity contribution in [2.45, 2.75) is 44.6 Å². The predicted octanol–water partition coefficient (Wildman–Crippen LogP) is 2.58. The number of carbonyl (C=O) groups is 2. The van der Waals surface area contributed by atoms with Crippen LogP contribution in [-0.4, -0.2) is 50.8 Å². The standard InChI is InChI=1S/C26H27N3O6/c1-2-34-23(30)14-28-16-27-22-9-8-18(11-21(22)24(28)31)26(33)12-20-10-19(26)13-29(20)25(32)35-15-17-6-4-3-5-7-17/h3-9,11,16,19-20,33H,2,10,12-15H2,1H3. The molecular weight excluding hydrogens is 450 g/mol. The number of aromatic nitrogens is 2. The van der Waals surface area contributed by atoms with E-state index in [1.807, 2.05) is 30.3 Å². The van der Waals surface area contributed by atoms with Gasteiger partial charge in [-0.1, -0.05) is 36.4 Å². The van der Waals surface area contributed by atoms with Crippen LogP contribution in [-0.2, 0) is 33.0 Å². The number of rotatable bonds is 6. The van der Waals surface area contributed by atoms with E-state index in [0.717, 1.165) is 5.56 Å². The minimum Gasteiger partial charge on any atom is -0.465 e. The molecule has 35 heavy (non-hydrogen) atoms. The zero-order valence-electron chi connectivity index (χ0n) is 19.4. The molecule has 3 atom stereocenters. The maximum atomic E-state index is 13.0. The molecule has 182 valence electrons. The highest BCUT2D eigenvalue weighted by molar-refractivity contribution is 5.79. The maximum Gasteiger partial charge on any atom is 0.410 e. The molecule has 3 unspecified atom stereocenters. The first-order valence-electron chi connectivity index (χ1n) is 11.7. The summed E-state index contributed by atoms with van der Waals surface area (Å²) in [5.41, 5.74) is 0.478. The minimum atomic E-state index is -1.16. The quantitative estimate of drug-likeness (QED) is 0.543. The van der Waals surface area contributed by atoms with Crippen molar-refractivity contribution in [2.75, 3.05) is 13.2 Å². The van der Waals surface area contributed by atoms with Crippen molar-refractivity contribution >= 4 is 23.0 Å². The third-order valence-electron chi connectivity index (χ3n) is 7.00. The van der Waals surface area contributed by atoms with Crippen LogP contribution in [0.2, 0.25) is 0 Å². The first-order valence-corrected chi connectivity index (χ1v) is 11.7. The van der Waals surface area contributed by atoms with Crippen LogP contribution < -0.4 is 5.56 Å². The van der Waals surface area contributed by atoms with E-state index in [0.29, 0.717) is 35.9 Å². The van der Waals surface area contributed by atoms with E-state index in [-0.39, 0.29) is 43.4 Å². The van der Waals surface area contributed by atoms with Crippen molar-refractivity contribution in [3.63, 3.8) is 0 Å². The van der Waals surface area contributed by atoms with Gasteiger partial charge in [0.2, 0.25) is 0 Å². The van der Waals surface area contributed by atoms with Crippen LogP contribution in [0.1, 0.15) is 30.9 Å². The smallest absolute Gasteiger partial charge is 0.410 e. The summed E-state index contributed by atoms with van der Waals surface area (Å²) >= 11 is 0. The van der Waals surface area contributed by atoms with Crippen LogP contribution >= 0.6 is 0 Å². The second kappa shape index (κ2) is 9.14. The van der Waals surface area contributed by atoms with E-state index in [2.05, 4.69) is 4.98 Å². The Morgan fingerprint density at radius 3 is 2.69 bits per heavy atom. The molecule has 3 aromatic rings. The van der Waals surface area contributed by atoms with E-state index < -0.39 is 11.6 Å². The topological polar surface area (TPSA) is 111 Å². The Balaban J connectivity index is 1.32. The average molecular weight is 478 g/mol. The first kappa shape index (κ1) is 23.0. The van der Waals surface area contributed by atoms with Gasteiger partial charge < -0.3 is 19.5 Å². The zero-order valence-corrected chi connectivity index (χ0v) is 19.4. The predicted molar refractivity (Wildman–Crippen MR) is 126 cm³/mol. The summed E-state index contributed by atoms with van der Waals surface area (Å²) in [5, 5.41) is 11.9. The number of ether oxygens (including phenoxy) is 2. The van der Waals surface area contributed by atoms with Gasteiger partial charge in [0.15, 0.2) is 0 Å². The first-order chi connectivity index (χ1) is 16.9. The van der Waals surface area contributed by atoms with Crippen LogP contribution in [0.15, 0.2) is 59.7 Å². The molecule has 0 radical (unpaired) electrons. The van der Waals surface area contributed by atoms with Gasteiger partial charge in [0.25, 0.3) is 5.56 Å². The largest absolute Gasteiger partial charge is 0.465 e. The molecule has 1 aliphatic heterocycles. The fourth-order valence-corrected chi connectivity index (χ4v) is 5.25. The Labute approximate surface area is 201 Å². The van der Waals surface area contributed by atoms with Gasteiger partial charge in [0, 0.05) is 24.9 Å². The zero-order chi connectivity index (χ0) is 24.6. The number of amides is 1. The van der Waals surface area contributed by atoms with Crippen molar-refractivity contribution in [1.29, 1.82) is 0 Å². The molecule has 9 heteroatoms. The summed E-state index contributed by atoms with van der Waals surface area (Å²) in [4.78, 5) is 43.5. The molecule has 2 fully saturated rings. The number of likely N-dealkylation sites (tertiary alicyclic amines) is 1. The van der Waals surface area contributed by atoms with E-state index in [4.69, 9.17) is 9.47 Å². The van der Waals surface area contributed by atoms with Gasteiger partial charge in [-0.15, -0.1) is 0 Å². The number of benzene rings is 2. The third kappa shape index (κ3) is 4.27. The molecule has 2 bridgehead atoms. The lowest BCUT2D eigenvalue weighted by Crippen LogP contribution is -2.46. The molecular formula is C26H27N3O6. The van der Waals surface area contributed by atoms with Crippen LogP contribution in [0.4, 0.5) is 4.79 Å². The maximum absolute atomic E-state index is 13.0. The molecule has 1 saturated carbocycles. The van der Waals surface area contributed by atoms with E-state index in [9.17, 15) is 19.5 Å². The molecule has 1 N–H and O–H groups in total. The molecule has 0 spiro atoms. The van der Waals surface area contributed by atoms with E-state index in [1.54, 1.807) is 30.0 Å². The van der Waals surface area contributed by atoms with Crippen molar-refractivity contribution in [3.8, 4) is 0 Å². The lowest BCUT2D eigenvalue weighted by molar-refractivity contribution is -0.143. The average Bonchev–Trinajstić information content (AvgIpc) is 3.43. The van der Waals surface area contributed by atoms with Crippen molar-refractivity contribution in [1.82, 2.24) is 14.5 Å². The van der Waals surface area contributed by atoms with Crippen LogP contribution in [0, 0.1) is 5.92 Å². The Hall–Kier alpha value is -3.72. The molecule has 2 aromatic carbocycles. The number of carbonyl (C=O) groups excluding carboxylic acids is 2. The minimum absolute atomic E-state index is 0.140.